The van der Waals surface area contributed by atoms with Gasteiger partial charge in [0.25, 0.3) is 0 Å². The van der Waals surface area contributed by atoms with Crippen LogP contribution in [0.5, 0.6) is 0 Å². The number of nitrogen functional groups attached to an aromatic ring is 1. The molecule has 168 valence electrons. The zero-order chi connectivity index (χ0) is 23.2. The van der Waals surface area contributed by atoms with Gasteiger partial charge in [-0.15, -0.1) is 0 Å². The summed E-state index contributed by atoms with van der Waals surface area (Å²) in [7, 11) is 0. The first-order valence-corrected chi connectivity index (χ1v) is 12.0. The van der Waals surface area contributed by atoms with Gasteiger partial charge in [0.15, 0.2) is 0 Å². The Kier molecular flexibility index (Phi) is 5.39. The molecule has 3 heterocycles. The van der Waals surface area contributed by atoms with Crippen LogP contribution in [0.3, 0.4) is 0 Å². The average Bonchev–Trinajstić information content (AvgIpc) is 3.39. The summed E-state index contributed by atoms with van der Waals surface area (Å²) < 4.78 is 3.94. The summed E-state index contributed by atoms with van der Waals surface area (Å²) in [5.41, 5.74) is 17.7. The topological polar surface area (TPSA) is 111 Å². The molecule has 5 rings (SSSR count). The van der Waals surface area contributed by atoms with Gasteiger partial charge in [0.05, 0.1) is 29.5 Å². The quantitative estimate of drug-likeness (QED) is 0.420. The van der Waals surface area contributed by atoms with E-state index in [1.165, 1.54) is 0 Å². The summed E-state index contributed by atoms with van der Waals surface area (Å²) in [6.07, 6.45) is 9.59. The molecular weight excluding hydrogens is 430 g/mol. The van der Waals surface area contributed by atoms with Crippen molar-refractivity contribution in [3.8, 4) is 17.2 Å². The summed E-state index contributed by atoms with van der Waals surface area (Å²) in [5.74, 6) is 0. The summed E-state index contributed by atoms with van der Waals surface area (Å²) in [5, 5.41) is 18.8. The lowest BCUT2D eigenvalue weighted by molar-refractivity contribution is 0.238. The Morgan fingerprint density at radius 2 is 1.91 bits per heavy atom. The molecule has 3 aromatic heterocycles. The third kappa shape index (κ3) is 3.99. The van der Waals surface area contributed by atoms with Crippen molar-refractivity contribution in [3.05, 3.63) is 60.2 Å². The lowest BCUT2D eigenvalue weighted by Crippen LogP contribution is -2.40. The number of anilines is 1. The van der Waals surface area contributed by atoms with Crippen molar-refractivity contribution < 1.29 is 0 Å². The SMILES string of the molecule is Cc1c(-c2cc(Sc3ccccc3N)c3c(C#N)cnn3c2)cnn1[C@H]1CC[C@@](C)(N)CC1. The Balaban J connectivity index is 1.57. The van der Waals surface area contributed by atoms with Crippen molar-refractivity contribution in [1.82, 2.24) is 19.4 Å². The predicted molar refractivity (Wildman–Crippen MR) is 131 cm³/mol. The molecule has 0 unspecified atom stereocenters. The van der Waals surface area contributed by atoms with Crippen LogP contribution in [0.25, 0.3) is 16.6 Å². The van der Waals surface area contributed by atoms with Gasteiger partial charge in [0.2, 0.25) is 0 Å². The Morgan fingerprint density at radius 1 is 1.15 bits per heavy atom. The molecule has 8 heteroatoms. The maximum atomic E-state index is 9.62. The monoisotopic (exact) mass is 457 g/mol. The van der Waals surface area contributed by atoms with Crippen molar-refractivity contribution in [2.24, 2.45) is 5.73 Å². The number of fused-ring (bicyclic) bond motifs is 1. The van der Waals surface area contributed by atoms with Gasteiger partial charge >= 0.3 is 0 Å². The van der Waals surface area contributed by atoms with E-state index in [4.69, 9.17) is 16.6 Å². The van der Waals surface area contributed by atoms with Gasteiger partial charge in [-0.25, -0.2) is 4.52 Å². The number of aromatic nitrogens is 4. The smallest absolute Gasteiger partial charge is 0.103 e. The molecule has 7 nitrogen and oxygen atoms in total. The van der Waals surface area contributed by atoms with Gasteiger partial charge in [0, 0.05) is 44.0 Å². The van der Waals surface area contributed by atoms with E-state index < -0.39 is 0 Å². The maximum Gasteiger partial charge on any atom is 0.103 e. The molecule has 0 bridgehead atoms. The van der Waals surface area contributed by atoms with E-state index in [1.807, 2.05) is 36.7 Å². The molecule has 0 radical (unpaired) electrons. The Labute approximate surface area is 197 Å². The van der Waals surface area contributed by atoms with Gasteiger partial charge in [-0.05, 0) is 57.7 Å². The molecule has 0 atom stereocenters. The lowest BCUT2D eigenvalue weighted by atomic mass is 9.81. The van der Waals surface area contributed by atoms with E-state index in [0.717, 1.165) is 57.8 Å². The third-order valence-corrected chi connectivity index (χ3v) is 7.76. The highest BCUT2D eigenvalue weighted by atomic mass is 32.2. The van der Waals surface area contributed by atoms with E-state index in [1.54, 1.807) is 22.5 Å². The van der Waals surface area contributed by atoms with Gasteiger partial charge < -0.3 is 11.5 Å². The van der Waals surface area contributed by atoms with Gasteiger partial charge in [-0.2, -0.15) is 15.5 Å². The van der Waals surface area contributed by atoms with Crippen LogP contribution in [-0.4, -0.2) is 24.9 Å². The second kappa shape index (κ2) is 8.25. The summed E-state index contributed by atoms with van der Waals surface area (Å²) >= 11 is 1.55. The van der Waals surface area contributed by atoms with Crippen LogP contribution in [0.4, 0.5) is 5.69 Å². The molecule has 1 aromatic carbocycles. The van der Waals surface area contributed by atoms with Gasteiger partial charge in [0.1, 0.15) is 6.07 Å². The standard InChI is InChI=1S/C25H27N7S/c1-16-20(14-30-32(16)19-7-9-25(2,28)10-8-19)17-11-23(33-22-6-4-3-5-21(22)27)24-18(12-26)13-29-31(24)15-17/h3-6,11,13-15,19H,7-10,27-28H2,1-2H3/t19-,25+. The molecule has 4 N–H and O–H groups in total. The van der Waals surface area contributed by atoms with Crippen molar-refractivity contribution >= 4 is 23.0 Å². The highest BCUT2D eigenvalue weighted by Crippen LogP contribution is 2.39. The highest BCUT2D eigenvalue weighted by molar-refractivity contribution is 7.99. The van der Waals surface area contributed by atoms with E-state index in [0.29, 0.717) is 17.3 Å². The van der Waals surface area contributed by atoms with Gasteiger partial charge in [-0.1, -0.05) is 23.9 Å². The molecular formula is C25H27N7S. The first-order chi connectivity index (χ1) is 15.9. The fourth-order valence-electron chi connectivity index (χ4n) is 4.66. The van der Waals surface area contributed by atoms with Crippen molar-refractivity contribution in [3.63, 3.8) is 0 Å². The number of benzene rings is 1. The first-order valence-electron chi connectivity index (χ1n) is 11.1. The fraction of sp³-hybridized carbons (Fsp3) is 0.320. The van der Waals surface area contributed by atoms with Crippen LogP contribution in [-0.2, 0) is 0 Å². The maximum absolute atomic E-state index is 9.62. The Bertz CT molecular complexity index is 1370. The second-order valence-corrected chi connectivity index (χ2v) is 10.3. The van der Waals surface area contributed by atoms with Crippen LogP contribution < -0.4 is 11.5 Å². The third-order valence-electron chi connectivity index (χ3n) is 6.64. The van der Waals surface area contributed by atoms with Crippen LogP contribution in [0, 0.1) is 18.3 Å². The lowest BCUT2D eigenvalue weighted by Gasteiger charge is -2.34. The molecule has 1 aliphatic carbocycles. The number of para-hydroxylation sites is 1. The number of nitriles is 1. The van der Waals surface area contributed by atoms with Crippen LogP contribution in [0.1, 0.15) is 49.9 Å². The number of rotatable bonds is 4. The number of nitrogens with two attached hydrogens (primary N) is 2. The Hall–Kier alpha value is -3.28. The molecule has 0 aliphatic heterocycles. The minimum Gasteiger partial charge on any atom is -0.398 e. The largest absolute Gasteiger partial charge is 0.398 e. The summed E-state index contributed by atoms with van der Waals surface area (Å²) in [6, 6.07) is 12.5. The molecule has 4 aromatic rings. The number of hydrogen-bond acceptors (Lipinski definition) is 6. The first kappa shape index (κ1) is 21.6. The second-order valence-electron chi connectivity index (χ2n) is 9.17. The number of nitrogens with zero attached hydrogens (tertiary/aromatic N) is 5. The molecule has 1 aliphatic rings. The highest BCUT2D eigenvalue weighted by Gasteiger charge is 2.29. The van der Waals surface area contributed by atoms with Crippen molar-refractivity contribution in [1.29, 1.82) is 5.26 Å². The molecule has 1 fully saturated rings. The molecule has 0 saturated heterocycles. The van der Waals surface area contributed by atoms with Crippen molar-refractivity contribution in [2.45, 2.75) is 60.9 Å². The fourth-order valence-corrected chi connectivity index (χ4v) is 5.72. The molecule has 33 heavy (non-hydrogen) atoms. The zero-order valence-corrected chi connectivity index (χ0v) is 19.6. The van der Waals surface area contributed by atoms with Crippen LogP contribution >= 0.6 is 11.8 Å². The van der Waals surface area contributed by atoms with Gasteiger partial charge in [-0.3, -0.25) is 4.68 Å². The van der Waals surface area contributed by atoms with E-state index in [2.05, 4.69) is 35.8 Å². The molecule has 1 saturated carbocycles. The van der Waals surface area contributed by atoms with E-state index >= 15 is 0 Å². The zero-order valence-electron chi connectivity index (χ0n) is 18.8. The minimum atomic E-state index is -0.0740. The Morgan fingerprint density at radius 3 is 2.64 bits per heavy atom. The predicted octanol–water partition coefficient (Wildman–Crippen LogP) is 4.94. The van der Waals surface area contributed by atoms with E-state index in [9.17, 15) is 5.26 Å². The molecule has 0 spiro atoms. The van der Waals surface area contributed by atoms with Crippen molar-refractivity contribution in [2.75, 3.05) is 5.73 Å². The normalized spacial score (nSPS) is 20.7. The van der Waals surface area contributed by atoms with Crippen LogP contribution in [0.2, 0.25) is 0 Å². The molecule has 0 amide bonds. The number of hydrogen-bond donors (Lipinski definition) is 2. The number of pyridine rings is 1. The summed E-state index contributed by atoms with van der Waals surface area (Å²) in [6.45, 7) is 4.26. The van der Waals surface area contributed by atoms with Crippen LogP contribution in [0.15, 0.2) is 58.7 Å². The average molecular weight is 458 g/mol. The van der Waals surface area contributed by atoms with E-state index in [-0.39, 0.29) is 5.54 Å². The minimum absolute atomic E-state index is 0.0740. The summed E-state index contributed by atoms with van der Waals surface area (Å²) in [4.78, 5) is 1.88.